The van der Waals surface area contributed by atoms with Gasteiger partial charge in [-0.25, -0.2) is 0 Å². The van der Waals surface area contributed by atoms with Gasteiger partial charge in [0.15, 0.2) is 5.82 Å². The number of hydrogen-bond donors (Lipinski definition) is 1. The summed E-state index contributed by atoms with van der Waals surface area (Å²) < 4.78 is 6.62. The van der Waals surface area contributed by atoms with Gasteiger partial charge in [0, 0.05) is 33.5 Å². The fraction of sp³-hybridized carbons (Fsp3) is 0.556. The van der Waals surface area contributed by atoms with Crippen molar-refractivity contribution in [3.63, 3.8) is 0 Å². The van der Waals surface area contributed by atoms with E-state index < -0.39 is 0 Å². The van der Waals surface area contributed by atoms with Gasteiger partial charge in [-0.15, -0.1) is 5.10 Å². The number of rotatable bonds is 5. The van der Waals surface area contributed by atoms with Crippen molar-refractivity contribution < 1.29 is 4.52 Å². The molecule has 0 atom stereocenters. The van der Waals surface area contributed by atoms with E-state index in [-0.39, 0.29) is 0 Å². The average molecular weight is 222 g/mol. The zero-order valence-corrected chi connectivity index (χ0v) is 9.34. The average Bonchev–Trinajstić information content (AvgIpc) is 2.83. The van der Waals surface area contributed by atoms with E-state index in [1.165, 1.54) is 0 Å². The van der Waals surface area contributed by atoms with Crippen LogP contribution in [0.1, 0.15) is 17.4 Å². The highest BCUT2D eigenvalue weighted by atomic mass is 16.5. The van der Waals surface area contributed by atoms with Crippen molar-refractivity contribution in [2.75, 3.05) is 6.54 Å². The molecule has 0 aliphatic rings. The molecule has 16 heavy (non-hydrogen) atoms. The standard InChI is InChI=1S/C9H14N6O/c1-7-12-9(13-16-7)3-4-10-5-8-6-11-14-15(8)2/h6,10H,3-5H2,1-2H3. The van der Waals surface area contributed by atoms with Crippen molar-refractivity contribution in [3.05, 3.63) is 23.6 Å². The Morgan fingerprint density at radius 2 is 2.38 bits per heavy atom. The fourth-order valence-electron chi connectivity index (χ4n) is 1.33. The highest BCUT2D eigenvalue weighted by molar-refractivity contribution is 4.92. The molecule has 2 aromatic rings. The predicted octanol–water partition coefficient (Wildman–Crippen LogP) is -0.161. The van der Waals surface area contributed by atoms with E-state index in [1.807, 2.05) is 7.05 Å². The van der Waals surface area contributed by atoms with Crippen molar-refractivity contribution >= 4 is 0 Å². The van der Waals surface area contributed by atoms with Crippen molar-refractivity contribution in [2.45, 2.75) is 19.9 Å². The van der Waals surface area contributed by atoms with Crippen molar-refractivity contribution in [2.24, 2.45) is 7.05 Å². The molecule has 0 radical (unpaired) electrons. The second-order valence-electron chi connectivity index (χ2n) is 3.51. The van der Waals surface area contributed by atoms with Gasteiger partial charge < -0.3 is 9.84 Å². The van der Waals surface area contributed by atoms with Gasteiger partial charge in [0.1, 0.15) is 0 Å². The number of nitrogens with one attached hydrogen (secondary N) is 1. The SMILES string of the molecule is Cc1nc(CCNCc2cnnn2C)no1. The Labute approximate surface area is 92.8 Å². The maximum atomic E-state index is 4.87. The van der Waals surface area contributed by atoms with E-state index >= 15 is 0 Å². The molecule has 2 aromatic heterocycles. The van der Waals surface area contributed by atoms with Crippen LogP contribution in [0.3, 0.4) is 0 Å². The normalized spacial score (nSPS) is 10.9. The molecule has 0 unspecified atom stereocenters. The van der Waals surface area contributed by atoms with Gasteiger partial charge in [0.2, 0.25) is 5.89 Å². The lowest BCUT2D eigenvalue weighted by molar-refractivity contribution is 0.387. The Balaban J connectivity index is 1.71. The fourth-order valence-corrected chi connectivity index (χ4v) is 1.33. The third kappa shape index (κ3) is 2.63. The van der Waals surface area contributed by atoms with Gasteiger partial charge in [0.25, 0.3) is 0 Å². The first-order chi connectivity index (χ1) is 7.75. The van der Waals surface area contributed by atoms with Crippen LogP contribution in [0, 0.1) is 6.92 Å². The molecule has 1 N–H and O–H groups in total. The summed E-state index contributed by atoms with van der Waals surface area (Å²) in [6.45, 7) is 3.32. The van der Waals surface area contributed by atoms with Crippen LogP contribution in [0.25, 0.3) is 0 Å². The van der Waals surface area contributed by atoms with E-state index in [2.05, 4.69) is 25.8 Å². The van der Waals surface area contributed by atoms with Crippen LogP contribution in [0.15, 0.2) is 10.7 Å². The minimum atomic E-state index is 0.603. The quantitative estimate of drug-likeness (QED) is 0.708. The van der Waals surface area contributed by atoms with Crippen molar-refractivity contribution in [1.82, 2.24) is 30.5 Å². The molecule has 86 valence electrons. The van der Waals surface area contributed by atoms with Crippen LogP contribution in [0.4, 0.5) is 0 Å². The van der Waals surface area contributed by atoms with E-state index in [0.717, 1.165) is 31.0 Å². The zero-order valence-electron chi connectivity index (χ0n) is 9.34. The molecular weight excluding hydrogens is 208 g/mol. The van der Waals surface area contributed by atoms with E-state index in [9.17, 15) is 0 Å². The molecule has 7 heteroatoms. The topological polar surface area (TPSA) is 81.7 Å². The van der Waals surface area contributed by atoms with Gasteiger partial charge in [0.05, 0.1) is 11.9 Å². The molecule has 0 amide bonds. The smallest absolute Gasteiger partial charge is 0.223 e. The monoisotopic (exact) mass is 222 g/mol. The van der Waals surface area contributed by atoms with Gasteiger partial charge in [-0.1, -0.05) is 10.4 Å². The lowest BCUT2D eigenvalue weighted by atomic mass is 10.4. The second-order valence-corrected chi connectivity index (χ2v) is 3.51. The van der Waals surface area contributed by atoms with Crippen LogP contribution in [-0.2, 0) is 20.0 Å². The summed E-state index contributed by atoms with van der Waals surface area (Å²) in [4.78, 5) is 4.12. The molecule has 0 fully saturated rings. The number of aryl methyl sites for hydroxylation is 2. The Hall–Kier alpha value is -1.76. The molecule has 0 bridgehead atoms. The first-order valence-electron chi connectivity index (χ1n) is 5.09. The van der Waals surface area contributed by atoms with Gasteiger partial charge in [-0.05, 0) is 0 Å². The highest BCUT2D eigenvalue weighted by Gasteiger charge is 2.02. The molecule has 0 spiro atoms. The summed E-state index contributed by atoms with van der Waals surface area (Å²) in [5, 5.41) is 14.7. The molecule has 0 saturated carbocycles. The summed E-state index contributed by atoms with van der Waals surface area (Å²) in [5.41, 5.74) is 1.05. The van der Waals surface area contributed by atoms with Gasteiger partial charge >= 0.3 is 0 Å². The van der Waals surface area contributed by atoms with E-state index in [1.54, 1.807) is 17.8 Å². The van der Waals surface area contributed by atoms with Crippen molar-refractivity contribution in [1.29, 1.82) is 0 Å². The Kier molecular flexibility index (Phi) is 3.25. The van der Waals surface area contributed by atoms with Crippen LogP contribution < -0.4 is 5.32 Å². The van der Waals surface area contributed by atoms with E-state index in [4.69, 9.17) is 4.52 Å². The maximum Gasteiger partial charge on any atom is 0.223 e. The summed E-state index contributed by atoms with van der Waals surface area (Å²) >= 11 is 0. The molecule has 0 aromatic carbocycles. The predicted molar refractivity (Wildman–Crippen MR) is 55.4 cm³/mol. The lowest BCUT2D eigenvalue weighted by Gasteiger charge is -2.01. The van der Waals surface area contributed by atoms with Crippen LogP contribution in [0.2, 0.25) is 0 Å². The summed E-state index contributed by atoms with van der Waals surface area (Å²) in [6.07, 6.45) is 2.49. The first-order valence-corrected chi connectivity index (χ1v) is 5.09. The van der Waals surface area contributed by atoms with Crippen LogP contribution >= 0.6 is 0 Å². The zero-order chi connectivity index (χ0) is 11.4. The summed E-state index contributed by atoms with van der Waals surface area (Å²) in [7, 11) is 1.87. The van der Waals surface area contributed by atoms with Gasteiger partial charge in [-0.3, -0.25) is 4.68 Å². The minimum absolute atomic E-state index is 0.603. The molecule has 0 aliphatic carbocycles. The van der Waals surface area contributed by atoms with Crippen LogP contribution in [0.5, 0.6) is 0 Å². The minimum Gasteiger partial charge on any atom is -0.340 e. The lowest BCUT2D eigenvalue weighted by Crippen LogP contribution is -2.19. The molecule has 2 rings (SSSR count). The summed E-state index contributed by atoms with van der Waals surface area (Å²) in [6, 6.07) is 0. The van der Waals surface area contributed by atoms with Crippen LogP contribution in [-0.4, -0.2) is 31.7 Å². The molecule has 7 nitrogen and oxygen atoms in total. The first kappa shape index (κ1) is 10.7. The number of aromatic nitrogens is 5. The largest absolute Gasteiger partial charge is 0.340 e. The Morgan fingerprint density at radius 3 is 3.00 bits per heavy atom. The van der Waals surface area contributed by atoms with E-state index in [0.29, 0.717) is 5.89 Å². The summed E-state index contributed by atoms with van der Waals surface area (Å²) in [5.74, 6) is 1.33. The molecular formula is C9H14N6O. The molecule has 0 saturated heterocycles. The Morgan fingerprint density at radius 1 is 1.50 bits per heavy atom. The number of hydrogen-bond acceptors (Lipinski definition) is 6. The number of nitrogens with zero attached hydrogens (tertiary/aromatic N) is 5. The molecule has 0 aliphatic heterocycles. The second kappa shape index (κ2) is 4.84. The van der Waals surface area contributed by atoms with Gasteiger partial charge in [-0.2, -0.15) is 4.98 Å². The third-order valence-electron chi connectivity index (χ3n) is 2.21. The Bertz CT molecular complexity index is 448. The highest BCUT2D eigenvalue weighted by Crippen LogP contribution is 1.96. The third-order valence-corrected chi connectivity index (χ3v) is 2.21. The molecule has 2 heterocycles. The van der Waals surface area contributed by atoms with Crippen molar-refractivity contribution in [3.8, 4) is 0 Å². The maximum absolute atomic E-state index is 4.87.